The minimum atomic E-state index is 0.00199. The molecule has 0 aliphatic carbocycles. The topological polar surface area (TPSA) is 44.1 Å². The van der Waals surface area contributed by atoms with E-state index in [0.29, 0.717) is 17.9 Å². The van der Waals surface area contributed by atoms with E-state index in [0.717, 1.165) is 5.56 Å². The SMILES string of the molecule is CCOc1ccccc1C(=O)Cn1cc(C)cn1. The Morgan fingerprint density at radius 2 is 2.17 bits per heavy atom. The van der Waals surface area contributed by atoms with Gasteiger partial charge in [-0.05, 0) is 31.5 Å². The molecule has 0 atom stereocenters. The maximum atomic E-state index is 12.2. The van der Waals surface area contributed by atoms with Gasteiger partial charge in [-0.2, -0.15) is 5.10 Å². The first-order chi connectivity index (χ1) is 8.70. The molecule has 0 amide bonds. The number of nitrogens with zero attached hydrogens (tertiary/aromatic N) is 2. The fourth-order valence-electron chi connectivity index (χ4n) is 1.76. The predicted octanol–water partition coefficient (Wildman–Crippen LogP) is 2.47. The van der Waals surface area contributed by atoms with Crippen molar-refractivity contribution in [1.29, 1.82) is 0 Å². The Balaban J connectivity index is 2.18. The molecule has 0 saturated carbocycles. The smallest absolute Gasteiger partial charge is 0.187 e. The summed E-state index contributed by atoms with van der Waals surface area (Å²) in [5, 5.41) is 4.11. The highest BCUT2D eigenvalue weighted by atomic mass is 16.5. The zero-order valence-corrected chi connectivity index (χ0v) is 10.6. The van der Waals surface area contributed by atoms with E-state index in [-0.39, 0.29) is 12.3 Å². The highest BCUT2D eigenvalue weighted by Gasteiger charge is 2.12. The summed E-state index contributed by atoms with van der Waals surface area (Å²) in [6.45, 7) is 4.63. The summed E-state index contributed by atoms with van der Waals surface area (Å²) in [5.41, 5.74) is 1.65. The van der Waals surface area contributed by atoms with Crippen LogP contribution in [0, 0.1) is 6.92 Å². The van der Waals surface area contributed by atoms with Crippen LogP contribution in [-0.4, -0.2) is 22.2 Å². The van der Waals surface area contributed by atoms with E-state index in [4.69, 9.17) is 4.74 Å². The molecule has 0 fully saturated rings. The molecule has 1 heterocycles. The highest BCUT2D eigenvalue weighted by molar-refractivity contribution is 5.98. The number of ether oxygens (including phenoxy) is 1. The molecule has 0 bridgehead atoms. The summed E-state index contributed by atoms with van der Waals surface area (Å²) in [5.74, 6) is 0.635. The summed E-state index contributed by atoms with van der Waals surface area (Å²) in [6.07, 6.45) is 3.59. The standard InChI is InChI=1S/C14H16N2O2/c1-3-18-14-7-5-4-6-12(14)13(17)10-16-9-11(2)8-15-16/h4-9H,3,10H2,1-2H3. The van der Waals surface area contributed by atoms with E-state index in [2.05, 4.69) is 5.10 Å². The molecular formula is C14H16N2O2. The fraction of sp³-hybridized carbons (Fsp3) is 0.286. The number of aryl methyl sites for hydroxylation is 1. The van der Waals surface area contributed by atoms with Crippen LogP contribution in [0.4, 0.5) is 0 Å². The summed E-state index contributed by atoms with van der Waals surface area (Å²) < 4.78 is 7.09. The van der Waals surface area contributed by atoms with E-state index in [1.807, 2.05) is 38.2 Å². The number of hydrogen-bond acceptors (Lipinski definition) is 3. The van der Waals surface area contributed by atoms with Gasteiger partial charge in [0.15, 0.2) is 5.78 Å². The number of rotatable bonds is 5. The van der Waals surface area contributed by atoms with Gasteiger partial charge in [0.05, 0.1) is 18.4 Å². The summed E-state index contributed by atoms with van der Waals surface area (Å²) >= 11 is 0. The number of para-hydroxylation sites is 1. The van der Waals surface area contributed by atoms with Crippen molar-refractivity contribution in [2.24, 2.45) is 0 Å². The van der Waals surface area contributed by atoms with Crippen molar-refractivity contribution in [1.82, 2.24) is 9.78 Å². The number of hydrogen-bond donors (Lipinski definition) is 0. The Hall–Kier alpha value is -2.10. The Bertz CT molecular complexity index is 546. The van der Waals surface area contributed by atoms with Gasteiger partial charge >= 0.3 is 0 Å². The number of carbonyl (C=O) groups excluding carboxylic acids is 1. The molecule has 4 nitrogen and oxygen atoms in total. The first-order valence-corrected chi connectivity index (χ1v) is 5.94. The molecule has 1 aromatic carbocycles. The third-order valence-corrected chi connectivity index (χ3v) is 2.56. The van der Waals surface area contributed by atoms with E-state index in [1.165, 1.54) is 0 Å². The van der Waals surface area contributed by atoms with Gasteiger partial charge in [0.2, 0.25) is 0 Å². The monoisotopic (exact) mass is 244 g/mol. The molecule has 2 rings (SSSR count). The van der Waals surface area contributed by atoms with Crippen molar-refractivity contribution in [3.63, 3.8) is 0 Å². The minimum absolute atomic E-state index is 0.00199. The Labute approximate surface area is 106 Å². The van der Waals surface area contributed by atoms with Crippen LogP contribution in [0.25, 0.3) is 0 Å². The van der Waals surface area contributed by atoms with Gasteiger partial charge in [-0.3, -0.25) is 9.48 Å². The minimum Gasteiger partial charge on any atom is -0.493 e. The molecule has 1 aromatic heterocycles. The van der Waals surface area contributed by atoms with Gasteiger partial charge in [0.1, 0.15) is 12.3 Å². The molecule has 0 aliphatic rings. The zero-order valence-electron chi connectivity index (χ0n) is 10.6. The quantitative estimate of drug-likeness (QED) is 0.759. The second-order valence-corrected chi connectivity index (χ2v) is 4.07. The van der Waals surface area contributed by atoms with Crippen molar-refractivity contribution in [2.45, 2.75) is 20.4 Å². The lowest BCUT2D eigenvalue weighted by atomic mass is 10.1. The molecule has 0 spiro atoms. The van der Waals surface area contributed by atoms with Gasteiger partial charge in [-0.25, -0.2) is 0 Å². The van der Waals surface area contributed by atoms with Crippen molar-refractivity contribution in [2.75, 3.05) is 6.61 Å². The summed E-state index contributed by atoms with van der Waals surface area (Å²) in [6, 6.07) is 7.29. The van der Waals surface area contributed by atoms with Crippen LogP contribution in [-0.2, 0) is 6.54 Å². The van der Waals surface area contributed by atoms with Crippen molar-refractivity contribution < 1.29 is 9.53 Å². The lowest BCUT2D eigenvalue weighted by Crippen LogP contribution is -2.12. The average Bonchev–Trinajstić information content (AvgIpc) is 2.76. The van der Waals surface area contributed by atoms with Gasteiger partial charge < -0.3 is 4.74 Å². The third kappa shape index (κ3) is 2.77. The van der Waals surface area contributed by atoms with Crippen LogP contribution in [0.1, 0.15) is 22.8 Å². The lowest BCUT2D eigenvalue weighted by Gasteiger charge is -2.08. The molecule has 0 saturated heterocycles. The van der Waals surface area contributed by atoms with Crippen molar-refractivity contribution in [3.05, 3.63) is 47.8 Å². The van der Waals surface area contributed by atoms with Crippen LogP contribution in [0.15, 0.2) is 36.7 Å². The van der Waals surface area contributed by atoms with Crippen LogP contribution in [0.5, 0.6) is 5.75 Å². The molecule has 0 radical (unpaired) electrons. The van der Waals surface area contributed by atoms with E-state index in [9.17, 15) is 4.79 Å². The van der Waals surface area contributed by atoms with Crippen LogP contribution < -0.4 is 4.74 Å². The van der Waals surface area contributed by atoms with Crippen LogP contribution in [0.2, 0.25) is 0 Å². The van der Waals surface area contributed by atoms with E-state index >= 15 is 0 Å². The van der Waals surface area contributed by atoms with Gasteiger partial charge in [-0.15, -0.1) is 0 Å². The molecule has 2 aromatic rings. The number of benzene rings is 1. The first-order valence-electron chi connectivity index (χ1n) is 5.94. The third-order valence-electron chi connectivity index (χ3n) is 2.56. The molecule has 0 N–H and O–H groups in total. The molecule has 4 heteroatoms. The van der Waals surface area contributed by atoms with Gasteiger partial charge in [0, 0.05) is 6.20 Å². The average molecular weight is 244 g/mol. The normalized spacial score (nSPS) is 10.3. The maximum Gasteiger partial charge on any atom is 0.187 e. The molecule has 94 valence electrons. The molecule has 18 heavy (non-hydrogen) atoms. The Morgan fingerprint density at radius 3 is 2.83 bits per heavy atom. The summed E-state index contributed by atoms with van der Waals surface area (Å²) in [7, 11) is 0. The van der Waals surface area contributed by atoms with Gasteiger partial charge in [0.25, 0.3) is 0 Å². The molecular weight excluding hydrogens is 228 g/mol. The summed E-state index contributed by atoms with van der Waals surface area (Å²) in [4.78, 5) is 12.2. The second-order valence-electron chi connectivity index (χ2n) is 4.07. The number of ketones is 1. The lowest BCUT2D eigenvalue weighted by molar-refractivity contribution is 0.0964. The Kier molecular flexibility index (Phi) is 3.77. The highest BCUT2D eigenvalue weighted by Crippen LogP contribution is 2.19. The fourth-order valence-corrected chi connectivity index (χ4v) is 1.76. The number of carbonyl (C=O) groups is 1. The van der Waals surface area contributed by atoms with Crippen molar-refractivity contribution >= 4 is 5.78 Å². The number of aromatic nitrogens is 2. The Morgan fingerprint density at radius 1 is 1.39 bits per heavy atom. The van der Waals surface area contributed by atoms with Crippen molar-refractivity contribution in [3.8, 4) is 5.75 Å². The largest absolute Gasteiger partial charge is 0.493 e. The van der Waals surface area contributed by atoms with E-state index in [1.54, 1.807) is 16.9 Å². The second kappa shape index (κ2) is 5.49. The predicted molar refractivity (Wildman–Crippen MR) is 68.9 cm³/mol. The zero-order chi connectivity index (χ0) is 13.0. The van der Waals surface area contributed by atoms with Crippen LogP contribution in [0.3, 0.4) is 0 Å². The maximum absolute atomic E-state index is 12.2. The number of Topliss-reactive ketones (excluding diaryl/α,β-unsaturated/α-hetero) is 1. The van der Waals surface area contributed by atoms with Crippen LogP contribution >= 0.6 is 0 Å². The molecule has 0 unspecified atom stereocenters. The first kappa shape index (κ1) is 12.4. The molecule has 0 aliphatic heterocycles. The van der Waals surface area contributed by atoms with Gasteiger partial charge in [-0.1, -0.05) is 12.1 Å². The van der Waals surface area contributed by atoms with E-state index < -0.39 is 0 Å².